The second-order valence-electron chi connectivity index (χ2n) is 1.09. The Morgan fingerprint density at radius 2 is 2.29 bits per heavy atom. The van der Waals surface area contributed by atoms with Crippen LogP contribution in [0.25, 0.3) is 0 Å². The third kappa shape index (κ3) is 3.48. The first kappa shape index (κ1) is 7.90. The van der Waals surface area contributed by atoms with Gasteiger partial charge in [0.15, 0.2) is 5.62 Å². The molecule has 1 atom stereocenters. The fourth-order valence-corrected chi connectivity index (χ4v) is 0.387. The minimum atomic E-state index is -1.85. The van der Waals surface area contributed by atoms with Gasteiger partial charge in [-0.05, 0) is 0 Å². The summed E-state index contributed by atoms with van der Waals surface area (Å²) in [6.07, 6.45) is 0.764. The first-order valence-electron chi connectivity index (χ1n) is 1.97. The van der Waals surface area contributed by atoms with Crippen LogP contribution >= 0.6 is 16.9 Å². The monoisotopic (exact) mass is 158 g/mol. The van der Waals surface area contributed by atoms with Gasteiger partial charge < -0.3 is 4.52 Å². The van der Waals surface area contributed by atoms with Crippen molar-refractivity contribution in [1.82, 2.24) is 0 Å². The Balaban J connectivity index is 3.61. The van der Waals surface area contributed by atoms with E-state index in [4.69, 9.17) is 27.6 Å². The Kier molecular flexibility index (Phi) is 3.42. The average molecular weight is 159 g/mol. The van der Waals surface area contributed by atoms with Crippen molar-refractivity contribution in [3.63, 3.8) is 0 Å². The van der Waals surface area contributed by atoms with Gasteiger partial charge >= 0.3 is 0 Å². The first-order valence-corrected chi connectivity index (χ1v) is 5.78. The van der Waals surface area contributed by atoms with Gasteiger partial charge in [0.05, 0.1) is 0 Å². The molecule has 0 aliphatic carbocycles. The number of hydrogen-bond donors (Lipinski definition) is 0. The van der Waals surface area contributed by atoms with E-state index in [0.717, 1.165) is 6.16 Å². The Morgan fingerprint density at radius 3 is 2.29 bits per heavy atom. The Labute approximate surface area is 53.9 Å². The summed E-state index contributed by atoms with van der Waals surface area (Å²) in [5.74, 6) is 0. The van der Waals surface area contributed by atoms with Crippen LogP contribution in [0.1, 0.15) is 6.92 Å². The smallest absolute Gasteiger partial charge is 0.150 e. The molecule has 1 nitrogen and oxygen atoms in total. The molecule has 0 amide bonds. The molecule has 0 aromatic heterocycles. The van der Waals surface area contributed by atoms with E-state index in [1.54, 1.807) is 7.11 Å². The van der Waals surface area contributed by atoms with Crippen molar-refractivity contribution in [2.45, 2.75) is 6.92 Å². The summed E-state index contributed by atoms with van der Waals surface area (Å²) in [6.45, 7) is 1.93. The molecule has 0 saturated carbocycles. The largest absolute Gasteiger partial charge is 0.341 e. The number of rotatable bonds is 2. The molecule has 0 aromatic carbocycles. The molecule has 1 unspecified atom stereocenters. The van der Waals surface area contributed by atoms with Crippen LogP contribution in [-0.4, -0.2) is 13.3 Å². The lowest BCUT2D eigenvalue weighted by Crippen LogP contribution is -1.76. The van der Waals surface area contributed by atoms with E-state index in [1.165, 1.54) is 0 Å². The van der Waals surface area contributed by atoms with Crippen molar-refractivity contribution >= 4 is 28.7 Å². The molecule has 0 heterocycles. The van der Waals surface area contributed by atoms with Crippen LogP contribution in [0, 0.1) is 0 Å². The van der Waals surface area contributed by atoms with Crippen molar-refractivity contribution in [2.75, 3.05) is 13.3 Å². The van der Waals surface area contributed by atoms with Crippen LogP contribution in [0.3, 0.4) is 0 Å². The van der Waals surface area contributed by atoms with Gasteiger partial charge in [-0.25, -0.2) is 0 Å². The molecule has 0 radical (unpaired) electrons. The molecule has 0 aromatic rings. The standard InChI is InChI=1S/C3H8ClOPS/c1-3-6(4,7)5-2/h3H2,1-2H3. The quantitative estimate of drug-likeness (QED) is 0.570. The van der Waals surface area contributed by atoms with Gasteiger partial charge in [0.2, 0.25) is 0 Å². The maximum absolute atomic E-state index is 5.61. The third-order valence-electron chi connectivity index (χ3n) is 0.650. The van der Waals surface area contributed by atoms with E-state index in [2.05, 4.69) is 0 Å². The fourth-order valence-electron chi connectivity index (χ4n) is 0.129. The summed E-state index contributed by atoms with van der Waals surface area (Å²) in [7, 11) is 1.55. The summed E-state index contributed by atoms with van der Waals surface area (Å²) in [5.41, 5.74) is -1.85. The predicted octanol–water partition coefficient (Wildman–Crippen LogP) is 2.20. The van der Waals surface area contributed by atoms with Crippen LogP contribution in [0.2, 0.25) is 0 Å². The second-order valence-corrected chi connectivity index (χ2v) is 7.28. The summed E-state index contributed by atoms with van der Waals surface area (Å²) in [5, 5.41) is 0. The Bertz CT molecular complexity index is 86.9. The van der Waals surface area contributed by atoms with E-state index in [9.17, 15) is 0 Å². The molecule has 0 bridgehead atoms. The van der Waals surface area contributed by atoms with E-state index in [1.807, 2.05) is 6.92 Å². The van der Waals surface area contributed by atoms with Crippen LogP contribution in [0.4, 0.5) is 0 Å². The van der Waals surface area contributed by atoms with Gasteiger partial charge in [0, 0.05) is 13.3 Å². The maximum Gasteiger partial charge on any atom is 0.150 e. The molecular weight excluding hydrogens is 151 g/mol. The Hall–Kier alpha value is 0.900. The highest BCUT2D eigenvalue weighted by Crippen LogP contribution is 2.51. The summed E-state index contributed by atoms with van der Waals surface area (Å²) in [6, 6.07) is 0. The lowest BCUT2D eigenvalue weighted by molar-refractivity contribution is 0.470. The molecule has 0 rings (SSSR count). The zero-order chi connectivity index (χ0) is 5.91. The summed E-state index contributed by atoms with van der Waals surface area (Å²) in [4.78, 5) is 0. The van der Waals surface area contributed by atoms with Gasteiger partial charge in [0.25, 0.3) is 0 Å². The van der Waals surface area contributed by atoms with Crippen molar-refractivity contribution in [3.8, 4) is 0 Å². The molecule has 0 aliphatic rings. The van der Waals surface area contributed by atoms with Crippen molar-refractivity contribution in [3.05, 3.63) is 0 Å². The topological polar surface area (TPSA) is 9.23 Å². The zero-order valence-electron chi connectivity index (χ0n) is 4.35. The van der Waals surface area contributed by atoms with Crippen LogP contribution in [-0.2, 0) is 16.3 Å². The average Bonchev–Trinajstić information content (AvgIpc) is 1.68. The molecular formula is C3H8ClOPS. The number of halogens is 1. The zero-order valence-corrected chi connectivity index (χ0v) is 6.82. The lowest BCUT2D eigenvalue weighted by Gasteiger charge is -2.05. The van der Waals surface area contributed by atoms with Gasteiger partial charge in [-0.15, -0.1) is 0 Å². The first-order chi connectivity index (χ1) is 3.12. The van der Waals surface area contributed by atoms with Gasteiger partial charge in [-0.2, -0.15) is 0 Å². The minimum absolute atomic E-state index is 0.764. The van der Waals surface area contributed by atoms with Crippen LogP contribution < -0.4 is 0 Å². The minimum Gasteiger partial charge on any atom is -0.341 e. The normalized spacial score (nSPS) is 18.7. The molecule has 0 spiro atoms. The summed E-state index contributed by atoms with van der Waals surface area (Å²) < 4.78 is 4.78. The lowest BCUT2D eigenvalue weighted by atomic mass is 11.0. The van der Waals surface area contributed by atoms with Crippen molar-refractivity contribution in [2.24, 2.45) is 0 Å². The molecule has 7 heavy (non-hydrogen) atoms. The maximum atomic E-state index is 5.61. The molecule has 0 N–H and O–H groups in total. The highest BCUT2D eigenvalue weighted by molar-refractivity contribution is 8.24. The van der Waals surface area contributed by atoms with Gasteiger partial charge in [0.1, 0.15) is 0 Å². The Morgan fingerprint density at radius 1 is 1.86 bits per heavy atom. The van der Waals surface area contributed by atoms with E-state index in [-0.39, 0.29) is 0 Å². The highest BCUT2D eigenvalue weighted by Gasteiger charge is 2.04. The highest BCUT2D eigenvalue weighted by atomic mass is 35.7. The number of hydrogen-bond acceptors (Lipinski definition) is 2. The molecule has 0 aliphatic heterocycles. The molecule has 4 heteroatoms. The van der Waals surface area contributed by atoms with Crippen molar-refractivity contribution < 1.29 is 4.52 Å². The molecule has 44 valence electrons. The fraction of sp³-hybridized carbons (Fsp3) is 1.00. The van der Waals surface area contributed by atoms with E-state index < -0.39 is 5.62 Å². The van der Waals surface area contributed by atoms with Crippen molar-refractivity contribution in [1.29, 1.82) is 0 Å². The molecule has 0 saturated heterocycles. The second kappa shape index (κ2) is 3.03. The van der Waals surface area contributed by atoms with E-state index in [0.29, 0.717) is 0 Å². The van der Waals surface area contributed by atoms with Gasteiger partial charge in [-0.3, -0.25) is 0 Å². The molecule has 0 fully saturated rings. The summed E-state index contributed by atoms with van der Waals surface area (Å²) >= 11 is 10.4. The third-order valence-corrected chi connectivity index (χ3v) is 4.30. The van der Waals surface area contributed by atoms with E-state index >= 15 is 0 Å². The van der Waals surface area contributed by atoms with Crippen LogP contribution in [0.5, 0.6) is 0 Å². The SMILES string of the molecule is CCP(=S)(Cl)OC. The van der Waals surface area contributed by atoms with Crippen LogP contribution in [0.15, 0.2) is 0 Å². The predicted molar refractivity (Wildman–Crippen MR) is 37.7 cm³/mol. The van der Waals surface area contributed by atoms with Gasteiger partial charge in [-0.1, -0.05) is 30.0 Å².